The van der Waals surface area contributed by atoms with Gasteiger partial charge in [0.15, 0.2) is 0 Å². The minimum atomic E-state index is -1.05. The molecule has 0 aliphatic heterocycles. The minimum Gasteiger partial charge on any atom is -0.478 e. The molecule has 1 aromatic rings. The molecule has 4 nitrogen and oxygen atoms in total. The number of hydrogen-bond donors (Lipinski definition) is 2. The van der Waals surface area contributed by atoms with Crippen molar-refractivity contribution >= 4 is 11.9 Å². The van der Waals surface area contributed by atoms with E-state index in [2.05, 4.69) is 12.2 Å². The zero-order chi connectivity index (χ0) is 15.6. The molecule has 114 valence electrons. The van der Waals surface area contributed by atoms with Gasteiger partial charge in [-0.1, -0.05) is 31.4 Å². The number of nitrogens with one attached hydrogen (secondary N) is 1. The van der Waals surface area contributed by atoms with Gasteiger partial charge in [0, 0.05) is 5.54 Å². The fraction of sp³-hybridized carbons (Fsp3) is 0.529. The fourth-order valence-electron chi connectivity index (χ4n) is 3.17. The number of rotatable bonds is 3. The van der Waals surface area contributed by atoms with Crippen LogP contribution in [0.2, 0.25) is 0 Å². The molecule has 2 rings (SSSR count). The second kappa shape index (κ2) is 5.88. The second-order valence-electron chi connectivity index (χ2n) is 6.33. The summed E-state index contributed by atoms with van der Waals surface area (Å²) < 4.78 is 0. The van der Waals surface area contributed by atoms with Gasteiger partial charge in [-0.25, -0.2) is 4.79 Å². The first-order valence-electron chi connectivity index (χ1n) is 7.50. The Hall–Kier alpha value is -1.84. The van der Waals surface area contributed by atoms with E-state index in [4.69, 9.17) is 0 Å². The molecule has 0 unspecified atom stereocenters. The Balaban J connectivity index is 2.35. The van der Waals surface area contributed by atoms with Gasteiger partial charge in [0.1, 0.15) is 0 Å². The number of aryl methyl sites for hydroxylation is 2. The average Bonchev–Trinajstić information content (AvgIpc) is 2.40. The quantitative estimate of drug-likeness (QED) is 0.895. The van der Waals surface area contributed by atoms with E-state index >= 15 is 0 Å². The largest absolute Gasteiger partial charge is 0.478 e. The van der Waals surface area contributed by atoms with Gasteiger partial charge < -0.3 is 10.4 Å². The molecule has 1 aliphatic carbocycles. The maximum atomic E-state index is 12.6. The van der Waals surface area contributed by atoms with Crippen LogP contribution in [0.1, 0.15) is 70.9 Å². The number of aromatic carboxylic acids is 1. The highest BCUT2D eigenvalue weighted by atomic mass is 16.4. The Kier molecular flexibility index (Phi) is 4.35. The van der Waals surface area contributed by atoms with E-state index in [1.165, 1.54) is 6.42 Å². The number of benzene rings is 1. The van der Waals surface area contributed by atoms with Crippen molar-refractivity contribution in [3.8, 4) is 0 Å². The highest BCUT2D eigenvalue weighted by molar-refractivity contribution is 6.07. The number of hydrogen-bond acceptors (Lipinski definition) is 2. The standard InChI is InChI=1S/C17H23NO3/c1-11-7-8-12(2)14(16(20)21)13(11)15(19)18-17(3)9-5-4-6-10-17/h7-8H,4-6,9-10H2,1-3H3,(H,18,19)(H,20,21). The molecule has 1 amide bonds. The molecule has 1 aliphatic rings. The highest BCUT2D eigenvalue weighted by Crippen LogP contribution is 2.28. The van der Waals surface area contributed by atoms with E-state index in [1.54, 1.807) is 26.0 Å². The third-order valence-corrected chi connectivity index (χ3v) is 4.44. The summed E-state index contributed by atoms with van der Waals surface area (Å²) in [5.74, 6) is -1.31. The lowest BCUT2D eigenvalue weighted by Crippen LogP contribution is -2.47. The van der Waals surface area contributed by atoms with E-state index < -0.39 is 5.97 Å². The molecule has 0 spiro atoms. The van der Waals surface area contributed by atoms with Crippen LogP contribution in [0.25, 0.3) is 0 Å². The highest BCUT2D eigenvalue weighted by Gasteiger charge is 2.31. The molecular weight excluding hydrogens is 266 g/mol. The van der Waals surface area contributed by atoms with Crippen molar-refractivity contribution in [2.45, 2.75) is 58.4 Å². The Morgan fingerprint density at radius 1 is 1.05 bits per heavy atom. The van der Waals surface area contributed by atoms with E-state index in [0.29, 0.717) is 16.7 Å². The van der Waals surface area contributed by atoms with Crippen LogP contribution in [0.5, 0.6) is 0 Å². The molecule has 4 heteroatoms. The molecule has 0 atom stereocenters. The molecule has 0 saturated heterocycles. The summed E-state index contributed by atoms with van der Waals surface area (Å²) in [5, 5.41) is 12.5. The van der Waals surface area contributed by atoms with Crippen LogP contribution in [0.3, 0.4) is 0 Å². The lowest BCUT2D eigenvalue weighted by atomic mass is 9.83. The van der Waals surface area contributed by atoms with Gasteiger partial charge >= 0.3 is 5.97 Å². The van der Waals surface area contributed by atoms with Crippen molar-refractivity contribution in [1.29, 1.82) is 0 Å². The summed E-state index contributed by atoms with van der Waals surface area (Å²) >= 11 is 0. The monoisotopic (exact) mass is 289 g/mol. The van der Waals surface area contributed by atoms with Crippen molar-refractivity contribution in [1.82, 2.24) is 5.32 Å². The molecule has 2 N–H and O–H groups in total. The summed E-state index contributed by atoms with van der Waals surface area (Å²) in [6.07, 6.45) is 5.32. The number of carbonyl (C=O) groups excluding carboxylic acids is 1. The summed E-state index contributed by atoms with van der Waals surface area (Å²) in [7, 11) is 0. The third kappa shape index (κ3) is 3.26. The molecule has 1 aromatic carbocycles. The molecule has 0 aromatic heterocycles. The normalized spacial score (nSPS) is 17.3. The summed E-state index contributed by atoms with van der Waals surface area (Å²) in [6, 6.07) is 3.55. The first kappa shape index (κ1) is 15.5. The first-order valence-corrected chi connectivity index (χ1v) is 7.50. The lowest BCUT2D eigenvalue weighted by Gasteiger charge is -2.35. The smallest absolute Gasteiger partial charge is 0.336 e. The van der Waals surface area contributed by atoms with Gasteiger partial charge in [-0.2, -0.15) is 0 Å². The van der Waals surface area contributed by atoms with Crippen molar-refractivity contribution < 1.29 is 14.7 Å². The lowest BCUT2D eigenvalue weighted by molar-refractivity contribution is 0.0687. The summed E-state index contributed by atoms with van der Waals surface area (Å²) in [5.41, 5.74) is 1.52. The Labute approximate surface area is 125 Å². The van der Waals surface area contributed by atoms with Crippen molar-refractivity contribution in [2.75, 3.05) is 0 Å². The Morgan fingerprint density at radius 3 is 2.10 bits per heavy atom. The minimum absolute atomic E-state index is 0.118. The van der Waals surface area contributed by atoms with Gasteiger partial charge in [0.2, 0.25) is 0 Å². The van der Waals surface area contributed by atoms with Crippen LogP contribution in [0.15, 0.2) is 12.1 Å². The van der Waals surface area contributed by atoms with Crippen molar-refractivity contribution in [2.24, 2.45) is 0 Å². The maximum absolute atomic E-state index is 12.6. The maximum Gasteiger partial charge on any atom is 0.336 e. The Morgan fingerprint density at radius 2 is 1.57 bits per heavy atom. The topological polar surface area (TPSA) is 66.4 Å². The van der Waals surface area contributed by atoms with E-state index in [-0.39, 0.29) is 17.0 Å². The number of carboxylic acid groups (broad SMARTS) is 1. The van der Waals surface area contributed by atoms with Gasteiger partial charge in [-0.15, -0.1) is 0 Å². The van der Waals surface area contributed by atoms with Gasteiger partial charge in [-0.3, -0.25) is 4.79 Å². The van der Waals surface area contributed by atoms with Gasteiger partial charge in [-0.05, 0) is 44.7 Å². The molecular formula is C17H23NO3. The molecule has 1 saturated carbocycles. The third-order valence-electron chi connectivity index (χ3n) is 4.44. The van der Waals surface area contributed by atoms with Crippen LogP contribution in [-0.2, 0) is 0 Å². The van der Waals surface area contributed by atoms with Crippen LogP contribution >= 0.6 is 0 Å². The van der Waals surface area contributed by atoms with Gasteiger partial charge in [0.25, 0.3) is 5.91 Å². The van der Waals surface area contributed by atoms with Crippen LogP contribution < -0.4 is 5.32 Å². The zero-order valence-electron chi connectivity index (χ0n) is 13.0. The molecule has 0 bridgehead atoms. The molecule has 21 heavy (non-hydrogen) atoms. The number of amides is 1. The SMILES string of the molecule is Cc1ccc(C)c(C(=O)NC2(C)CCCCC2)c1C(=O)O. The van der Waals surface area contributed by atoms with Crippen molar-refractivity contribution in [3.63, 3.8) is 0 Å². The average molecular weight is 289 g/mol. The van der Waals surface area contributed by atoms with Crippen LogP contribution in [-0.4, -0.2) is 22.5 Å². The first-order chi connectivity index (χ1) is 9.84. The summed E-state index contributed by atoms with van der Waals surface area (Å²) in [6.45, 7) is 5.56. The van der Waals surface area contributed by atoms with E-state index in [1.807, 2.05) is 0 Å². The number of carbonyl (C=O) groups is 2. The van der Waals surface area contributed by atoms with Gasteiger partial charge in [0.05, 0.1) is 11.1 Å². The van der Waals surface area contributed by atoms with E-state index in [9.17, 15) is 14.7 Å². The predicted octanol–water partition coefficient (Wildman–Crippen LogP) is 3.45. The van der Waals surface area contributed by atoms with Crippen molar-refractivity contribution in [3.05, 3.63) is 34.4 Å². The number of carboxylic acids is 1. The zero-order valence-corrected chi connectivity index (χ0v) is 13.0. The molecule has 0 heterocycles. The van der Waals surface area contributed by atoms with Crippen LogP contribution in [0.4, 0.5) is 0 Å². The second-order valence-corrected chi connectivity index (χ2v) is 6.33. The fourth-order valence-corrected chi connectivity index (χ4v) is 3.17. The summed E-state index contributed by atoms with van der Waals surface area (Å²) in [4.78, 5) is 24.1. The Bertz CT molecular complexity index is 572. The van der Waals surface area contributed by atoms with E-state index in [0.717, 1.165) is 25.7 Å². The molecule has 1 fully saturated rings. The van der Waals surface area contributed by atoms with Crippen LogP contribution in [0, 0.1) is 13.8 Å². The molecule has 0 radical (unpaired) electrons. The predicted molar refractivity (Wildman–Crippen MR) is 81.8 cm³/mol.